The highest BCUT2D eigenvalue weighted by atomic mass is 35.5. The molecule has 0 aliphatic rings. The van der Waals surface area contributed by atoms with E-state index in [0.717, 1.165) is 11.1 Å². The molecule has 0 unspecified atom stereocenters. The molecule has 0 aliphatic carbocycles. The minimum Gasteiger partial charge on any atom is -0.490 e. The SMILES string of the molecule is CCOc1cc(/C=N\NC(=O)c2ccco2)ccc1OCc1ccccc1Cl. The van der Waals surface area contributed by atoms with E-state index in [1.807, 2.05) is 37.3 Å². The van der Waals surface area contributed by atoms with Gasteiger partial charge in [0.1, 0.15) is 6.61 Å². The van der Waals surface area contributed by atoms with Gasteiger partial charge in [-0.25, -0.2) is 5.43 Å². The molecule has 2 aromatic carbocycles. The molecule has 3 aromatic rings. The zero-order valence-corrected chi connectivity index (χ0v) is 16.0. The number of carbonyl (C=O) groups is 1. The van der Waals surface area contributed by atoms with Gasteiger partial charge in [-0.3, -0.25) is 4.79 Å². The molecule has 0 atom stereocenters. The number of rotatable bonds is 8. The van der Waals surface area contributed by atoms with E-state index in [2.05, 4.69) is 10.5 Å². The van der Waals surface area contributed by atoms with Crippen molar-refractivity contribution in [2.45, 2.75) is 13.5 Å². The van der Waals surface area contributed by atoms with E-state index in [1.54, 1.807) is 24.3 Å². The number of benzene rings is 2. The summed E-state index contributed by atoms with van der Waals surface area (Å²) in [6.45, 7) is 2.70. The lowest BCUT2D eigenvalue weighted by Crippen LogP contribution is -2.16. The molecule has 0 spiro atoms. The zero-order valence-electron chi connectivity index (χ0n) is 15.2. The van der Waals surface area contributed by atoms with Crippen LogP contribution in [0.3, 0.4) is 0 Å². The number of nitrogens with zero attached hydrogens (tertiary/aromatic N) is 1. The number of hydrazone groups is 1. The van der Waals surface area contributed by atoms with Crippen LogP contribution in [0.2, 0.25) is 5.02 Å². The number of nitrogens with one attached hydrogen (secondary N) is 1. The Balaban J connectivity index is 1.67. The van der Waals surface area contributed by atoms with Crippen molar-refractivity contribution < 1.29 is 18.7 Å². The number of ether oxygens (including phenoxy) is 2. The maximum atomic E-state index is 11.8. The molecule has 0 fully saturated rings. The molecule has 1 N–H and O–H groups in total. The fourth-order valence-electron chi connectivity index (χ4n) is 2.39. The second kappa shape index (κ2) is 9.62. The molecule has 1 amide bonds. The summed E-state index contributed by atoms with van der Waals surface area (Å²) in [6, 6.07) is 16.1. The number of hydrogen-bond donors (Lipinski definition) is 1. The molecule has 7 heteroatoms. The summed E-state index contributed by atoms with van der Waals surface area (Å²) in [4.78, 5) is 11.8. The van der Waals surface area contributed by atoms with Crippen molar-refractivity contribution in [1.82, 2.24) is 5.43 Å². The maximum Gasteiger partial charge on any atom is 0.307 e. The van der Waals surface area contributed by atoms with E-state index in [0.29, 0.717) is 29.7 Å². The van der Waals surface area contributed by atoms with Crippen LogP contribution in [0.5, 0.6) is 11.5 Å². The fraction of sp³-hybridized carbons (Fsp3) is 0.143. The zero-order chi connectivity index (χ0) is 19.8. The average Bonchev–Trinajstić information content (AvgIpc) is 3.24. The third kappa shape index (κ3) is 5.14. The predicted octanol–water partition coefficient (Wildman–Crippen LogP) is 4.67. The van der Waals surface area contributed by atoms with Gasteiger partial charge in [-0.05, 0) is 48.9 Å². The maximum absolute atomic E-state index is 11.8. The lowest BCUT2D eigenvalue weighted by molar-refractivity contribution is 0.0927. The quantitative estimate of drug-likeness (QED) is 0.442. The lowest BCUT2D eigenvalue weighted by Gasteiger charge is -2.13. The molecule has 28 heavy (non-hydrogen) atoms. The second-order valence-electron chi connectivity index (χ2n) is 5.70. The summed E-state index contributed by atoms with van der Waals surface area (Å²) >= 11 is 6.17. The highest BCUT2D eigenvalue weighted by Gasteiger charge is 2.09. The van der Waals surface area contributed by atoms with Crippen LogP contribution in [0.15, 0.2) is 70.4 Å². The van der Waals surface area contributed by atoms with E-state index in [1.165, 1.54) is 12.5 Å². The summed E-state index contributed by atoms with van der Waals surface area (Å²) in [5.41, 5.74) is 4.03. The van der Waals surface area contributed by atoms with Crippen LogP contribution in [0.4, 0.5) is 0 Å². The molecule has 0 saturated heterocycles. The van der Waals surface area contributed by atoms with Gasteiger partial charge in [0.05, 0.1) is 19.1 Å². The Morgan fingerprint density at radius 3 is 2.75 bits per heavy atom. The minimum absolute atomic E-state index is 0.190. The molecular formula is C21H19ClN2O4. The van der Waals surface area contributed by atoms with Gasteiger partial charge in [0.25, 0.3) is 0 Å². The van der Waals surface area contributed by atoms with Crippen molar-refractivity contribution in [2.75, 3.05) is 6.61 Å². The van der Waals surface area contributed by atoms with Gasteiger partial charge in [-0.2, -0.15) is 5.10 Å². The Labute approximate surface area is 167 Å². The Hall–Kier alpha value is -3.25. The van der Waals surface area contributed by atoms with E-state index >= 15 is 0 Å². The van der Waals surface area contributed by atoms with Gasteiger partial charge in [0.15, 0.2) is 17.3 Å². The summed E-state index contributed by atoms with van der Waals surface area (Å²) in [5, 5.41) is 4.58. The Morgan fingerprint density at radius 1 is 1.14 bits per heavy atom. The van der Waals surface area contributed by atoms with Crippen LogP contribution in [0.25, 0.3) is 0 Å². The normalized spacial score (nSPS) is 10.8. The van der Waals surface area contributed by atoms with E-state index < -0.39 is 5.91 Å². The molecule has 0 aliphatic heterocycles. The summed E-state index contributed by atoms with van der Waals surface area (Å²) in [6.07, 6.45) is 2.94. The van der Waals surface area contributed by atoms with Gasteiger partial charge >= 0.3 is 5.91 Å². The fourth-order valence-corrected chi connectivity index (χ4v) is 2.58. The van der Waals surface area contributed by atoms with Gasteiger partial charge in [-0.15, -0.1) is 0 Å². The summed E-state index contributed by atoms with van der Waals surface area (Å²) < 4.78 is 16.5. The van der Waals surface area contributed by atoms with Crippen LogP contribution in [0, 0.1) is 0 Å². The molecule has 1 heterocycles. The van der Waals surface area contributed by atoms with Crippen LogP contribution in [-0.4, -0.2) is 18.7 Å². The third-order valence-electron chi connectivity index (χ3n) is 3.73. The molecule has 6 nitrogen and oxygen atoms in total. The third-order valence-corrected chi connectivity index (χ3v) is 4.10. The first kappa shape index (κ1) is 19.5. The van der Waals surface area contributed by atoms with Crippen molar-refractivity contribution >= 4 is 23.7 Å². The predicted molar refractivity (Wildman–Crippen MR) is 107 cm³/mol. The van der Waals surface area contributed by atoms with E-state index in [9.17, 15) is 4.79 Å². The van der Waals surface area contributed by atoms with Gasteiger partial charge < -0.3 is 13.9 Å². The number of furan rings is 1. The van der Waals surface area contributed by atoms with E-state index in [-0.39, 0.29) is 5.76 Å². The molecule has 144 valence electrons. The highest BCUT2D eigenvalue weighted by molar-refractivity contribution is 6.31. The van der Waals surface area contributed by atoms with Gasteiger partial charge in [0, 0.05) is 10.6 Å². The number of amides is 1. The van der Waals surface area contributed by atoms with Crippen molar-refractivity contribution in [3.05, 3.63) is 82.8 Å². The van der Waals surface area contributed by atoms with Gasteiger partial charge in [0.2, 0.25) is 0 Å². The van der Waals surface area contributed by atoms with Crippen molar-refractivity contribution in [1.29, 1.82) is 0 Å². The Bertz CT molecular complexity index is 955. The first-order valence-electron chi connectivity index (χ1n) is 8.67. The number of hydrogen-bond acceptors (Lipinski definition) is 5. The van der Waals surface area contributed by atoms with Crippen molar-refractivity contribution in [2.24, 2.45) is 5.10 Å². The van der Waals surface area contributed by atoms with Gasteiger partial charge in [-0.1, -0.05) is 29.8 Å². The molecule has 3 rings (SSSR count). The van der Waals surface area contributed by atoms with Crippen LogP contribution >= 0.6 is 11.6 Å². The lowest BCUT2D eigenvalue weighted by atomic mass is 10.2. The Kier molecular flexibility index (Phi) is 6.70. The summed E-state index contributed by atoms with van der Waals surface area (Å²) in [5.74, 6) is 0.941. The molecule has 1 aromatic heterocycles. The molecular weight excluding hydrogens is 380 g/mol. The average molecular weight is 399 g/mol. The first-order valence-corrected chi connectivity index (χ1v) is 9.05. The standard InChI is InChI=1S/C21H19ClN2O4/c1-2-26-20-12-15(13-23-24-21(25)19-8-5-11-27-19)9-10-18(20)28-14-16-6-3-4-7-17(16)22/h3-13H,2,14H2,1H3,(H,24,25)/b23-13-. The highest BCUT2D eigenvalue weighted by Crippen LogP contribution is 2.29. The largest absolute Gasteiger partial charge is 0.490 e. The van der Waals surface area contributed by atoms with Crippen LogP contribution in [0.1, 0.15) is 28.6 Å². The molecule has 0 saturated carbocycles. The van der Waals surface area contributed by atoms with Crippen LogP contribution < -0.4 is 14.9 Å². The summed E-state index contributed by atoms with van der Waals surface area (Å²) in [7, 11) is 0. The number of halogens is 1. The number of carbonyl (C=O) groups excluding carboxylic acids is 1. The van der Waals surface area contributed by atoms with Crippen LogP contribution in [-0.2, 0) is 6.61 Å². The molecule has 0 radical (unpaired) electrons. The monoisotopic (exact) mass is 398 g/mol. The smallest absolute Gasteiger partial charge is 0.307 e. The molecule has 0 bridgehead atoms. The van der Waals surface area contributed by atoms with Crippen molar-refractivity contribution in [3.8, 4) is 11.5 Å². The first-order chi connectivity index (χ1) is 13.7. The Morgan fingerprint density at radius 2 is 2.00 bits per heavy atom. The van der Waals surface area contributed by atoms with Crippen molar-refractivity contribution in [3.63, 3.8) is 0 Å². The second-order valence-corrected chi connectivity index (χ2v) is 6.10. The topological polar surface area (TPSA) is 73.1 Å². The minimum atomic E-state index is -0.425. The van der Waals surface area contributed by atoms with E-state index in [4.69, 9.17) is 25.5 Å².